The highest BCUT2D eigenvalue weighted by Gasteiger charge is 2.20. The van der Waals surface area contributed by atoms with Crippen LogP contribution in [-0.2, 0) is 10.0 Å². The molecule has 0 saturated carbocycles. The Balaban J connectivity index is 1.93. The number of carbonyl (C=O) groups is 1. The van der Waals surface area contributed by atoms with Gasteiger partial charge in [-0.3, -0.25) is 9.52 Å². The molecular formula is C18H20N4O4S. The first-order valence-corrected chi connectivity index (χ1v) is 9.93. The fraction of sp³-hybridized carbons (Fsp3) is 0.222. The van der Waals surface area contributed by atoms with Crippen LogP contribution in [0.5, 0.6) is 0 Å². The number of carbonyl (C=O) groups excluding carboxylic acids is 1. The summed E-state index contributed by atoms with van der Waals surface area (Å²) in [4.78, 5) is 28.9. The molecule has 1 aromatic heterocycles. The number of anilines is 1. The van der Waals surface area contributed by atoms with E-state index in [9.17, 15) is 18.0 Å². The molecule has 1 amide bonds. The summed E-state index contributed by atoms with van der Waals surface area (Å²) in [6.07, 6.45) is 0.758. The largest absolute Gasteiger partial charge is 0.350 e. The lowest BCUT2D eigenvalue weighted by molar-refractivity contribution is 0.0940. The second kappa shape index (κ2) is 7.28. The molecule has 3 aromatic rings. The van der Waals surface area contributed by atoms with Crippen LogP contribution >= 0.6 is 0 Å². The van der Waals surface area contributed by atoms with Gasteiger partial charge in [-0.15, -0.1) is 0 Å². The normalized spacial score (nSPS) is 12.7. The molecule has 0 saturated heterocycles. The summed E-state index contributed by atoms with van der Waals surface area (Å²) in [6, 6.07) is 10.6. The van der Waals surface area contributed by atoms with E-state index in [0.717, 1.165) is 6.42 Å². The van der Waals surface area contributed by atoms with Crippen LogP contribution in [0.4, 0.5) is 5.69 Å². The Morgan fingerprint density at radius 1 is 1.11 bits per heavy atom. The van der Waals surface area contributed by atoms with Crippen LogP contribution < -0.4 is 15.7 Å². The quantitative estimate of drug-likeness (QED) is 0.517. The van der Waals surface area contributed by atoms with E-state index in [1.54, 1.807) is 18.2 Å². The molecule has 0 bridgehead atoms. The monoisotopic (exact) mass is 388 g/mol. The number of hydrogen-bond donors (Lipinski definition) is 4. The molecule has 2 aromatic carbocycles. The summed E-state index contributed by atoms with van der Waals surface area (Å²) in [6.45, 7) is 3.82. The number of rotatable bonds is 6. The summed E-state index contributed by atoms with van der Waals surface area (Å²) in [5, 5.41) is 2.82. The minimum absolute atomic E-state index is 0.0256. The first-order chi connectivity index (χ1) is 12.8. The van der Waals surface area contributed by atoms with Crippen LogP contribution in [0.15, 0.2) is 52.2 Å². The zero-order valence-corrected chi connectivity index (χ0v) is 15.7. The molecule has 0 radical (unpaired) electrons. The van der Waals surface area contributed by atoms with Gasteiger partial charge in [0.05, 0.1) is 27.2 Å². The standard InChI is InChI=1S/C18H20N4O4S/c1-3-11(2)19-17(23)13-6-4-5-7-14(13)22-27(25,26)12-8-9-15-16(10-12)21-18(24)20-15/h4-11,22H,3H2,1-2H3,(H,19,23)(H2,20,21,24). The maximum atomic E-state index is 12.8. The molecule has 0 fully saturated rings. The summed E-state index contributed by atoms with van der Waals surface area (Å²) in [7, 11) is -3.95. The summed E-state index contributed by atoms with van der Waals surface area (Å²) in [5.74, 6) is -0.354. The molecule has 4 N–H and O–H groups in total. The Morgan fingerprint density at radius 2 is 1.81 bits per heavy atom. The molecule has 1 unspecified atom stereocenters. The predicted octanol–water partition coefficient (Wildman–Crippen LogP) is 2.19. The number of hydrogen-bond acceptors (Lipinski definition) is 4. The van der Waals surface area contributed by atoms with Crippen molar-refractivity contribution in [1.82, 2.24) is 15.3 Å². The van der Waals surface area contributed by atoms with Crippen molar-refractivity contribution >= 4 is 32.7 Å². The molecule has 142 valence electrons. The lowest BCUT2D eigenvalue weighted by atomic mass is 10.1. The molecule has 3 rings (SSSR count). The van der Waals surface area contributed by atoms with Crippen LogP contribution in [0.25, 0.3) is 11.0 Å². The molecule has 0 aliphatic heterocycles. The van der Waals surface area contributed by atoms with Gasteiger partial charge in [-0.1, -0.05) is 19.1 Å². The van der Waals surface area contributed by atoms with E-state index in [2.05, 4.69) is 20.0 Å². The van der Waals surface area contributed by atoms with E-state index in [0.29, 0.717) is 11.0 Å². The third kappa shape index (κ3) is 4.03. The summed E-state index contributed by atoms with van der Waals surface area (Å²) in [5.41, 5.74) is 0.885. The zero-order chi connectivity index (χ0) is 19.6. The van der Waals surface area contributed by atoms with Crippen molar-refractivity contribution in [3.63, 3.8) is 0 Å². The van der Waals surface area contributed by atoms with Crippen molar-refractivity contribution in [2.45, 2.75) is 31.2 Å². The second-order valence-electron chi connectivity index (χ2n) is 6.22. The number of imidazole rings is 1. The van der Waals surface area contributed by atoms with Crippen LogP contribution in [0.1, 0.15) is 30.6 Å². The molecule has 1 atom stereocenters. The maximum Gasteiger partial charge on any atom is 0.323 e. The van der Waals surface area contributed by atoms with E-state index in [1.807, 2.05) is 13.8 Å². The summed E-state index contributed by atoms with van der Waals surface area (Å²) >= 11 is 0. The van der Waals surface area contributed by atoms with E-state index >= 15 is 0 Å². The number of para-hydroxylation sites is 1. The highest BCUT2D eigenvalue weighted by Crippen LogP contribution is 2.22. The number of nitrogens with one attached hydrogen (secondary N) is 4. The van der Waals surface area contributed by atoms with Gasteiger partial charge in [-0.2, -0.15) is 0 Å². The van der Waals surface area contributed by atoms with Gasteiger partial charge in [0.1, 0.15) is 0 Å². The highest BCUT2D eigenvalue weighted by molar-refractivity contribution is 7.92. The van der Waals surface area contributed by atoms with Crippen molar-refractivity contribution in [3.05, 3.63) is 58.5 Å². The van der Waals surface area contributed by atoms with Crippen LogP contribution in [0.3, 0.4) is 0 Å². The van der Waals surface area contributed by atoms with Crippen LogP contribution in [0.2, 0.25) is 0 Å². The Labute approximate surface area is 156 Å². The Kier molecular flexibility index (Phi) is 5.04. The molecule has 1 heterocycles. The SMILES string of the molecule is CCC(C)NC(=O)c1ccccc1NS(=O)(=O)c1ccc2[nH]c(=O)[nH]c2c1. The molecule has 9 heteroatoms. The Hall–Kier alpha value is -3.07. The molecule has 0 aliphatic rings. The topological polar surface area (TPSA) is 124 Å². The van der Waals surface area contributed by atoms with Gasteiger partial charge in [0.15, 0.2) is 0 Å². The third-order valence-electron chi connectivity index (χ3n) is 4.20. The van der Waals surface area contributed by atoms with Gasteiger partial charge in [0.25, 0.3) is 15.9 Å². The fourth-order valence-corrected chi connectivity index (χ4v) is 3.66. The van der Waals surface area contributed by atoms with E-state index in [-0.39, 0.29) is 28.1 Å². The number of benzene rings is 2. The Bertz CT molecular complexity index is 1150. The zero-order valence-electron chi connectivity index (χ0n) is 14.9. The Morgan fingerprint density at radius 3 is 2.56 bits per heavy atom. The molecule has 0 spiro atoms. The first kappa shape index (κ1) is 18.7. The van der Waals surface area contributed by atoms with E-state index in [1.165, 1.54) is 24.3 Å². The molecule has 27 heavy (non-hydrogen) atoms. The minimum Gasteiger partial charge on any atom is -0.350 e. The van der Waals surface area contributed by atoms with E-state index in [4.69, 9.17) is 0 Å². The van der Waals surface area contributed by atoms with Crippen molar-refractivity contribution in [1.29, 1.82) is 0 Å². The lowest BCUT2D eigenvalue weighted by Crippen LogP contribution is -2.32. The van der Waals surface area contributed by atoms with Crippen molar-refractivity contribution in [2.24, 2.45) is 0 Å². The van der Waals surface area contributed by atoms with Gasteiger partial charge < -0.3 is 15.3 Å². The number of sulfonamides is 1. The fourth-order valence-electron chi connectivity index (χ4n) is 2.56. The van der Waals surface area contributed by atoms with Crippen LogP contribution in [0, 0.1) is 0 Å². The van der Waals surface area contributed by atoms with Crippen LogP contribution in [-0.4, -0.2) is 30.3 Å². The average Bonchev–Trinajstić information content (AvgIpc) is 3.00. The third-order valence-corrected chi connectivity index (χ3v) is 5.57. The second-order valence-corrected chi connectivity index (χ2v) is 7.90. The van der Waals surface area contributed by atoms with E-state index < -0.39 is 15.7 Å². The van der Waals surface area contributed by atoms with Gasteiger partial charge in [-0.05, 0) is 43.7 Å². The average molecular weight is 388 g/mol. The number of amides is 1. The maximum absolute atomic E-state index is 12.8. The van der Waals surface area contributed by atoms with Crippen molar-refractivity contribution in [2.75, 3.05) is 4.72 Å². The van der Waals surface area contributed by atoms with Crippen molar-refractivity contribution < 1.29 is 13.2 Å². The van der Waals surface area contributed by atoms with Gasteiger partial charge in [0, 0.05) is 6.04 Å². The molecular weight excluding hydrogens is 368 g/mol. The predicted molar refractivity (Wildman–Crippen MR) is 103 cm³/mol. The van der Waals surface area contributed by atoms with Gasteiger partial charge in [0.2, 0.25) is 0 Å². The number of H-pyrrole nitrogens is 2. The number of aromatic nitrogens is 2. The van der Waals surface area contributed by atoms with Gasteiger partial charge >= 0.3 is 5.69 Å². The lowest BCUT2D eigenvalue weighted by Gasteiger charge is -2.15. The smallest absolute Gasteiger partial charge is 0.323 e. The number of fused-ring (bicyclic) bond motifs is 1. The number of aromatic amines is 2. The summed E-state index contributed by atoms with van der Waals surface area (Å²) < 4.78 is 28.0. The molecule has 8 nitrogen and oxygen atoms in total. The van der Waals surface area contributed by atoms with Gasteiger partial charge in [-0.25, -0.2) is 13.2 Å². The van der Waals surface area contributed by atoms with Crippen molar-refractivity contribution in [3.8, 4) is 0 Å². The highest BCUT2D eigenvalue weighted by atomic mass is 32.2. The molecule has 0 aliphatic carbocycles. The minimum atomic E-state index is -3.95. The first-order valence-electron chi connectivity index (χ1n) is 8.45.